The first-order chi connectivity index (χ1) is 11.9. The average Bonchev–Trinajstić information content (AvgIpc) is 3.06. The standard InChI is InChI=1S/C18H31N5O2/c1-6-8-22(10-11-24)18(25)16-19-14(3)13(2)17(20-16)23-9-7-15(12-23)21(4)5/h15,24H,6-12H2,1-5H3/t15-/m1/s1. The highest BCUT2D eigenvalue weighted by Gasteiger charge is 2.28. The average molecular weight is 349 g/mol. The molecule has 0 radical (unpaired) electrons. The fourth-order valence-corrected chi connectivity index (χ4v) is 3.22. The minimum atomic E-state index is -0.205. The van der Waals surface area contributed by atoms with Crippen molar-refractivity contribution < 1.29 is 9.90 Å². The zero-order chi connectivity index (χ0) is 18.6. The fraction of sp³-hybridized carbons (Fsp3) is 0.722. The Morgan fingerprint density at radius 1 is 1.28 bits per heavy atom. The maximum absolute atomic E-state index is 12.8. The van der Waals surface area contributed by atoms with Gasteiger partial charge in [-0.3, -0.25) is 4.79 Å². The second-order valence-electron chi connectivity index (χ2n) is 6.95. The molecule has 2 heterocycles. The van der Waals surface area contributed by atoms with Crippen molar-refractivity contribution >= 4 is 11.7 Å². The van der Waals surface area contributed by atoms with Crippen molar-refractivity contribution in [2.45, 2.75) is 39.7 Å². The van der Waals surface area contributed by atoms with Crippen LogP contribution in [0.25, 0.3) is 0 Å². The molecular weight excluding hydrogens is 318 g/mol. The number of carbonyl (C=O) groups excluding carboxylic acids is 1. The number of rotatable bonds is 7. The molecule has 7 nitrogen and oxygen atoms in total. The Morgan fingerprint density at radius 2 is 2.00 bits per heavy atom. The van der Waals surface area contributed by atoms with Gasteiger partial charge in [-0.05, 0) is 40.8 Å². The summed E-state index contributed by atoms with van der Waals surface area (Å²) in [6.45, 7) is 8.64. The predicted molar refractivity (Wildman–Crippen MR) is 99.1 cm³/mol. The van der Waals surface area contributed by atoms with Crippen molar-refractivity contribution in [1.82, 2.24) is 19.8 Å². The largest absolute Gasteiger partial charge is 0.395 e. The molecule has 1 atom stereocenters. The molecule has 0 bridgehead atoms. The molecule has 25 heavy (non-hydrogen) atoms. The van der Waals surface area contributed by atoms with Crippen LogP contribution >= 0.6 is 0 Å². The van der Waals surface area contributed by atoms with Gasteiger partial charge in [0, 0.05) is 43.5 Å². The summed E-state index contributed by atoms with van der Waals surface area (Å²) in [5.74, 6) is 0.887. The van der Waals surface area contributed by atoms with Crippen molar-refractivity contribution in [3.05, 3.63) is 17.1 Å². The smallest absolute Gasteiger partial charge is 0.291 e. The Kier molecular flexibility index (Phi) is 6.72. The van der Waals surface area contributed by atoms with E-state index in [9.17, 15) is 9.90 Å². The second-order valence-corrected chi connectivity index (χ2v) is 6.95. The van der Waals surface area contributed by atoms with E-state index in [1.165, 1.54) is 0 Å². The highest BCUT2D eigenvalue weighted by Crippen LogP contribution is 2.25. The van der Waals surface area contributed by atoms with Gasteiger partial charge in [0.2, 0.25) is 5.82 Å². The number of aliphatic hydroxyl groups is 1. The van der Waals surface area contributed by atoms with E-state index in [0.717, 1.165) is 43.0 Å². The molecule has 2 rings (SSSR count). The lowest BCUT2D eigenvalue weighted by atomic mass is 10.2. The van der Waals surface area contributed by atoms with Crippen LogP contribution in [0.5, 0.6) is 0 Å². The first-order valence-electron chi connectivity index (χ1n) is 9.05. The highest BCUT2D eigenvalue weighted by molar-refractivity contribution is 5.91. The number of aromatic nitrogens is 2. The quantitative estimate of drug-likeness (QED) is 0.794. The van der Waals surface area contributed by atoms with Crippen molar-refractivity contribution in [3.8, 4) is 0 Å². The minimum Gasteiger partial charge on any atom is -0.395 e. The molecule has 1 N–H and O–H groups in total. The van der Waals surface area contributed by atoms with Gasteiger partial charge in [0.1, 0.15) is 5.82 Å². The fourth-order valence-electron chi connectivity index (χ4n) is 3.22. The third-order valence-corrected chi connectivity index (χ3v) is 4.90. The normalized spacial score (nSPS) is 17.4. The van der Waals surface area contributed by atoms with E-state index >= 15 is 0 Å². The molecule has 0 spiro atoms. The van der Waals surface area contributed by atoms with Crippen LogP contribution in [0.4, 0.5) is 5.82 Å². The summed E-state index contributed by atoms with van der Waals surface area (Å²) in [7, 11) is 4.19. The molecule has 1 amide bonds. The van der Waals surface area contributed by atoms with Crippen molar-refractivity contribution in [2.24, 2.45) is 0 Å². The van der Waals surface area contributed by atoms with Crippen molar-refractivity contribution in [1.29, 1.82) is 0 Å². The minimum absolute atomic E-state index is 0.0555. The Balaban J connectivity index is 2.29. The second kappa shape index (κ2) is 8.58. The number of hydrogen-bond donors (Lipinski definition) is 1. The monoisotopic (exact) mass is 349 g/mol. The third-order valence-electron chi connectivity index (χ3n) is 4.90. The summed E-state index contributed by atoms with van der Waals surface area (Å²) in [6.07, 6.45) is 1.92. The van der Waals surface area contributed by atoms with Gasteiger partial charge >= 0.3 is 0 Å². The lowest BCUT2D eigenvalue weighted by molar-refractivity contribution is 0.0709. The number of aliphatic hydroxyl groups excluding tert-OH is 1. The lowest BCUT2D eigenvalue weighted by Crippen LogP contribution is -2.36. The molecule has 140 valence electrons. The summed E-state index contributed by atoms with van der Waals surface area (Å²) in [4.78, 5) is 27.9. The summed E-state index contributed by atoms with van der Waals surface area (Å²) in [5, 5.41) is 9.22. The molecule has 0 aliphatic carbocycles. The number of amides is 1. The van der Waals surface area contributed by atoms with Gasteiger partial charge in [-0.15, -0.1) is 0 Å². The zero-order valence-electron chi connectivity index (χ0n) is 16.1. The molecule has 7 heteroatoms. The zero-order valence-corrected chi connectivity index (χ0v) is 16.1. The number of carbonyl (C=O) groups is 1. The van der Waals surface area contributed by atoms with E-state index in [2.05, 4.69) is 33.9 Å². The Bertz CT molecular complexity index is 599. The topological polar surface area (TPSA) is 72.8 Å². The first kappa shape index (κ1) is 19.6. The maximum atomic E-state index is 12.8. The Hall–Kier alpha value is -1.73. The number of nitrogens with zero attached hydrogens (tertiary/aromatic N) is 5. The van der Waals surface area contributed by atoms with E-state index in [1.807, 2.05) is 20.8 Å². The number of aryl methyl sites for hydroxylation is 1. The summed E-state index contributed by atoms with van der Waals surface area (Å²) in [6, 6.07) is 0.500. The van der Waals surface area contributed by atoms with Crippen LogP contribution in [0.15, 0.2) is 0 Å². The van der Waals surface area contributed by atoms with Crippen LogP contribution in [-0.2, 0) is 0 Å². The number of anilines is 1. The molecule has 1 saturated heterocycles. The highest BCUT2D eigenvalue weighted by atomic mass is 16.3. The molecule has 0 unspecified atom stereocenters. The molecular formula is C18H31N5O2. The summed E-state index contributed by atoms with van der Waals surface area (Å²) >= 11 is 0. The predicted octanol–water partition coefficient (Wildman–Crippen LogP) is 1.08. The van der Waals surface area contributed by atoms with E-state index < -0.39 is 0 Å². The third kappa shape index (κ3) is 4.46. The maximum Gasteiger partial charge on any atom is 0.291 e. The van der Waals surface area contributed by atoms with Gasteiger partial charge in [0.25, 0.3) is 5.91 Å². The van der Waals surface area contributed by atoms with E-state index in [4.69, 9.17) is 0 Å². The van der Waals surface area contributed by atoms with E-state index in [1.54, 1.807) is 4.90 Å². The van der Waals surface area contributed by atoms with Gasteiger partial charge in [-0.1, -0.05) is 6.92 Å². The van der Waals surface area contributed by atoms with Gasteiger partial charge in [0.05, 0.1) is 6.61 Å². The van der Waals surface area contributed by atoms with E-state index in [-0.39, 0.29) is 18.3 Å². The van der Waals surface area contributed by atoms with Gasteiger partial charge in [0.15, 0.2) is 0 Å². The molecule has 1 aliphatic rings. The SMILES string of the molecule is CCCN(CCO)C(=O)c1nc(C)c(C)c(N2CC[C@@H](N(C)C)C2)n1. The van der Waals surface area contributed by atoms with Crippen LogP contribution in [0.1, 0.15) is 41.6 Å². The first-order valence-corrected chi connectivity index (χ1v) is 9.05. The van der Waals surface area contributed by atoms with Crippen molar-refractivity contribution in [2.75, 3.05) is 51.8 Å². The van der Waals surface area contributed by atoms with Crippen LogP contribution in [-0.4, -0.2) is 83.7 Å². The van der Waals surface area contributed by atoms with Crippen LogP contribution in [0.2, 0.25) is 0 Å². The van der Waals surface area contributed by atoms with Gasteiger partial charge in [-0.25, -0.2) is 9.97 Å². The Labute approximate surface area is 150 Å². The van der Waals surface area contributed by atoms with Crippen LogP contribution < -0.4 is 4.90 Å². The molecule has 1 fully saturated rings. The van der Waals surface area contributed by atoms with Gasteiger partial charge < -0.3 is 19.8 Å². The molecule has 0 saturated carbocycles. The van der Waals surface area contributed by atoms with Crippen LogP contribution in [0.3, 0.4) is 0 Å². The van der Waals surface area contributed by atoms with E-state index in [0.29, 0.717) is 19.1 Å². The molecule has 0 aromatic carbocycles. The lowest BCUT2D eigenvalue weighted by Gasteiger charge is -2.24. The number of hydrogen-bond acceptors (Lipinski definition) is 6. The van der Waals surface area contributed by atoms with Crippen molar-refractivity contribution in [3.63, 3.8) is 0 Å². The molecule has 1 aromatic rings. The number of likely N-dealkylation sites (N-methyl/N-ethyl adjacent to an activating group) is 1. The van der Waals surface area contributed by atoms with Crippen LogP contribution in [0, 0.1) is 13.8 Å². The van der Waals surface area contributed by atoms with Gasteiger partial charge in [-0.2, -0.15) is 0 Å². The Morgan fingerprint density at radius 3 is 2.56 bits per heavy atom. The summed E-state index contributed by atoms with van der Waals surface area (Å²) in [5.41, 5.74) is 1.86. The summed E-state index contributed by atoms with van der Waals surface area (Å²) < 4.78 is 0. The molecule has 1 aliphatic heterocycles. The molecule has 1 aromatic heterocycles.